The Kier molecular flexibility index (Phi) is 35.9. The van der Waals surface area contributed by atoms with Crippen molar-refractivity contribution in [3.63, 3.8) is 0 Å². The number of esters is 2. The Balaban J connectivity index is 2.63. The van der Waals surface area contributed by atoms with Crippen LogP contribution in [0.2, 0.25) is 0 Å². The van der Waals surface area contributed by atoms with Gasteiger partial charge in [0.05, 0.1) is 24.9 Å². The number of hydrogen-bond acceptors (Lipinski definition) is 15. The van der Waals surface area contributed by atoms with Crippen LogP contribution in [-0.4, -0.2) is 132 Å². The first-order valence-electron chi connectivity index (χ1n) is 24.0. The molecule has 1 saturated carbocycles. The number of aliphatic hydroxyl groups is 8. The van der Waals surface area contributed by atoms with Crippen LogP contribution in [0, 0.1) is 0 Å². The van der Waals surface area contributed by atoms with Gasteiger partial charge in [-0.2, -0.15) is 0 Å². The maximum absolute atomic E-state index is 12.8. The second-order valence-corrected chi connectivity index (χ2v) is 17.8. The van der Waals surface area contributed by atoms with Crippen molar-refractivity contribution >= 4 is 19.8 Å². The van der Waals surface area contributed by atoms with Crippen LogP contribution >= 0.6 is 7.82 Å². The van der Waals surface area contributed by atoms with Crippen molar-refractivity contribution in [2.24, 2.45) is 0 Å². The Morgan fingerprint density at radius 3 is 1.71 bits per heavy atom. The van der Waals surface area contributed by atoms with E-state index in [0.717, 1.165) is 51.4 Å². The number of ether oxygens (including phenoxy) is 2. The smallest absolute Gasteiger partial charge is 0.462 e. The lowest BCUT2D eigenvalue weighted by molar-refractivity contribution is -0.220. The number of unbranched alkanes of at least 4 members (excludes halogenated alkanes) is 6. The SMILES string of the molecule is CC/C=C\C[C@H](O)/C=C/C=C/C=C\C=C/[C@@H](O)[C@H](O)CCCC(=O)O[C@H](COC(=O)CCCCC/C=C\C/C=C\C/C=C\C/C=C\CCCCC)COP(=O)(O)OC1[C@H](O)[C@H](O)C(O)[C@H](O)[C@H]1O. The average molecular weight is 981 g/mol. The van der Waals surface area contributed by atoms with E-state index in [4.69, 9.17) is 18.5 Å². The molecule has 1 aliphatic rings. The Morgan fingerprint density at radius 2 is 1.12 bits per heavy atom. The molecule has 0 amide bonds. The van der Waals surface area contributed by atoms with E-state index in [-0.39, 0.29) is 25.7 Å². The first-order valence-corrected chi connectivity index (χ1v) is 25.5. The summed E-state index contributed by atoms with van der Waals surface area (Å²) in [4.78, 5) is 35.8. The summed E-state index contributed by atoms with van der Waals surface area (Å²) in [6, 6.07) is 0. The molecule has 386 valence electrons. The third kappa shape index (κ3) is 30.8. The fourth-order valence-corrected chi connectivity index (χ4v) is 7.41. The van der Waals surface area contributed by atoms with Gasteiger partial charge in [-0.25, -0.2) is 4.57 Å². The summed E-state index contributed by atoms with van der Waals surface area (Å²) in [5.74, 6) is -1.48. The quantitative estimate of drug-likeness (QED) is 0.0105. The van der Waals surface area contributed by atoms with Crippen LogP contribution in [0.15, 0.2) is 109 Å². The number of aliphatic hydroxyl groups excluding tert-OH is 8. The van der Waals surface area contributed by atoms with Gasteiger partial charge in [0.25, 0.3) is 0 Å². The van der Waals surface area contributed by atoms with Crippen LogP contribution in [0.3, 0.4) is 0 Å². The number of carbonyl (C=O) groups excluding carboxylic acids is 2. The van der Waals surface area contributed by atoms with Gasteiger partial charge in [-0.15, -0.1) is 0 Å². The minimum absolute atomic E-state index is 0.0124. The molecular formula is C51H81O16P. The van der Waals surface area contributed by atoms with Crippen molar-refractivity contribution in [2.45, 2.75) is 184 Å². The molecule has 0 aromatic carbocycles. The predicted molar refractivity (Wildman–Crippen MR) is 262 cm³/mol. The van der Waals surface area contributed by atoms with Crippen LogP contribution in [0.5, 0.6) is 0 Å². The summed E-state index contributed by atoms with van der Waals surface area (Å²) in [7, 11) is -5.24. The molecule has 17 heteroatoms. The Labute approximate surface area is 403 Å². The van der Waals surface area contributed by atoms with Crippen molar-refractivity contribution < 1.29 is 78.4 Å². The molecule has 0 aromatic rings. The van der Waals surface area contributed by atoms with E-state index in [0.29, 0.717) is 12.8 Å². The molecule has 11 atom stereocenters. The standard InChI is InChI=1S/C51H81O16P/c1-3-5-7-8-9-10-11-12-13-14-15-16-17-18-19-20-21-26-30-36-44(55)64-38-41(39-65-68(62,63)67-51-49(60)47(58)46(57)48(59)50(51)61)66-45(56)37-31-35-43(54)42(53)34-29-25-23-22-24-28-33-40(52)32-27-6-4-2/h6,9-10,12-13,15-16,18-19,22-25,27-29,33-34,40-43,46-54,57-61H,3-5,7-8,11,14,17,20-21,26,30-32,35-39H2,1-2H3,(H,62,63)/b10-9-,13-12-,16-15-,19-18-,24-22+,25-23-,27-6-,33-28+,34-29-/t40-,41+,42+,43+,46?,47-,48+,49+,50+,51?/m0/s1. The Hall–Kier alpha value is -3.61. The Morgan fingerprint density at radius 1 is 0.588 bits per heavy atom. The molecule has 0 spiro atoms. The molecule has 0 bridgehead atoms. The van der Waals surface area contributed by atoms with Gasteiger partial charge in [0.15, 0.2) is 6.10 Å². The molecule has 0 saturated heterocycles. The van der Waals surface area contributed by atoms with E-state index in [1.165, 1.54) is 31.4 Å². The summed E-state index contributed by atoms with van der Waals surface area (Å²) in [6.07, 6.45) is 29.1. The zero-order valence-corrected chi connectivity index (χ0v) is 40.8. The van der Waals surface area contributed by atoms with E-state index in [1.54, 1.807) is 36.5 Å². The highest BCUT2D eigenvalue weighted by molar-refractivity contribution is 7.47. The zero-order valence-electron chi connectivity index (χ0n) is 39.9. The first-order chi connectivity index (χ1) is 32.6. The lowest BCUT2D eigenvalue weighted by atomic mass is 9.85. The van der Waals surface area contributed by atoms with Crippen molar-refractivity contribution in [3.05, 3.63) is 109 Å². The maximum atomic E-state index is 12.8. The van der Waals surface area contributed by atoms with E-state index < -0.39 is 94.0 Å². The molecule has 16 nitrogen and oxygen atoms in total. The maximum Gasteiger partial charge on any atom is 0.472 e. The average Bonchev–Trinajstić information content (AvgIpc) is 3.31. The molecular weight excluding hydrogens is 900 g/mol. The minimum atomic E-state index is -5.24. The summed E-state index contributed by atoms with van der Waals surface area (Å²) < 4.78 is 33.3. The number of rotatable bonds is 37. The summed E-state index contributed by atoms with van der Waals surface area (Å²) >= 11 is 0. The molecule has 1 fully saturated rings. The zero-order chi connectivity index (χ0) is 50.4. The van der Waals surface area contributed by atoms with Crippen molar-refractivity contribution in [3.8, 4) is 0 Å². The van der Waals surface area contributed by atoms with Crippen LogP contribution in [-0.2, 0) is 32.7 Å². The highest BCUT2D eigenvalue weighted by Crippen LogP contribution is 2.47. The van der Waals surface area contributed by atoms with Gasteiger partial charge in [-0.3, -0.25) is 18.6 Å². The van der Waals surface area contributed by atoms with Crippen molar-refractivity contribution in [1.29, 1.82) is 0 Å². The van der Waals surface area contributed by atoms with Gasteiger partial charge >= 0.3 is 19.8 Å². The molecule has 1 rings (SSSR count). The van der Waals surface area contributed by atoms with E-state index in [1.807, 2.05) is 19.1 Å². The second kappa shape index (κ2) is 39.1. The molecule has 68 heavy (non-hydrogen) atoms. The van der Waals surface area contributed by atoms with E-state index in [9.17, 15) is 59.9 Å². The van der Waals surface area contributed by atoms with Crippen molar-refractivity contribution in [2.75, 3.05) is 13.2 Å². The topological polar surface area (TPSA) is 270 Å². The molecule has 0 aromatic heterocycles. The van der Waals surface area contributed by atoms with Gasteiger partial charge < -0.3 is 55.2 Å². The summed E-state index contributed by atoms with van der Waals surface area (Å²) in [5, 5.41) is 80.8. The number of hydrogen-bond donors (Lipinski definition) is 9. The van der Waals surface area contributed by atoms with Gasteiger partial charge in [0, 0.05) is 12.8 Å². The Bertz CT molecular complexity index is 1650. The lowest BCUT2D eigenvalue weighted by Gasteiger charge is -2.41. The number of phosphoric ester groups is 1. The largest absolute Gasteiger partial charge is 0.472 e. The highest BCUT2D eigenvalue weighted by atomic mass is 31.2. The van der Waals surface area contributed by atoms with Gasteiger partial charge in [-0.05, 0) is 77.0 Å². The monoisotopic (exact) mass is 981 g/mol. The summed E-state index contributed by atoms with van der Waals surface area (Å²) in [6.45, 7) is 2.75. The number of allylic oxidation sites excluding steroid dienone is 15. The van der Waals surface area contributed by atoms with Gasteiger partial charge in [0.1, 0.15) is 43.2 Å². The van der Waals surface area contributed by atoms with Crippen molar-refractivity contribution in [1.82, 2.24) is 0 Å². The minimum Gasteiger partial charge on any atom is -0.462 e. The molecule has 0 radical (unpaired) electrons. The number of carbonyl (C=O) groups is 2. The third-order valence-corrected chi connectivity index (χ3v) is 11.4. The molecule has 1 aliphatic carbocycles. The van der Waals surface area contributed by atoms with Crippen LogP contribution in [0.25, 0.3) is 0 Å². The fourth-order valence-electron chi connectivity index (χ4n) is 6.43. The highest BCUT2D eigenvalue weighted by Gasteiger charge is 2.51. The van der Waals surface area contributed by atoms with Crippen LogP contribution in [0.4, 0.5) is 0 Å². The first kappa shape index (κ1) is 62.4. The molecule has 0 aliphatic heterocycles. The predicted octanol–water partition coefficient (Wildman–Crippen LogP) is 6.52. The molecule has 9 N–H and O–H groups in total. The normalized spacial score (nSPS) is 23.4. The second-order valence-electron chi connectivity index (χ2n) is 16.4. The van der Waals surface area contributed by atoms with E-state index in [2.05, 4.69) is 55.5 Å². The van der Waals surface area contributed by atoms with Gasteiger partial charge in [-0.1, -0.05) is 142 Å². The fraction of sp³-hybridized carbons (Fsp3) is 0.608. The molecule has 3 unspecified atom stereocenters. The molecule has 0 heterocycles. The third-order valence-electron chi connectivity index (χ3n) is 10.4. The van der Waals surface area contributed by atoms with Crippen LogP contribution < -0.4 is 0 Å². The van der Waals surface area contributed by atoms with Crippen LogP contribution in [0.1, 0.15) is 123 Å². The number of phosphoric acid groups is 1. The van der Waals surface area contributed by atoms with E-state index >= 15 is 0 Å². The lowest BCUT2D eigenvalue weighted by Crippen LogP contribution is -2.64. The summed E-state index contributed by atoms with van der Waals surface area (Å²) in [5.41, 5.74) is 0. The van der Waals surface area contributed by atoms with Gasteiger partial charge in [0.2, 0.25) is 0 Å².